The summed E-state index contributed by atoms with van der Waals surface area (Å²) in [6.07, 6.45) is 6.15. The third-order valence-electron chi connectivity index (χ3n) is 6.24. The highest BCUT2D eigenvalue weighted by Gasteiger charge is 2.23. The molecular formula is C27H31ClN4O2. The van der Waals surface area contributed by atoms with E-state index in [0.29, 0.717) is 11.4 Å². The fourth-order valence-electron chi connectivity index (χ4n) is 4.36. The molecule has 178 valence electrons. The van der Waals surface area contributed by atoms with Gasteiger partial charge in [0.1, 0.15) is 0 Å². The number of fused-ring (bicyclic) bond motifs is 1. The fraction of sp³-hybridized carbons (Fsp3) is 0.370. The van der Waals surface area contributed by atoms with Gasteiger partial charge < -0.3 is 4.90 Å². The second-order valence-electron chi connectivity index (χ2n) is 8.85. The topological polar surface area (TPSA) is 78.4 Å². The van der Waals surface area contributed by atoms with Gasteiger partial charge in [0.2, 0.25) is 5.91 Å². The number of carbonyl (C=O) groups is 1. The van der Waals surface area contributed by atoms with E-state index in [1.54, 1.807) is 5.48 Å². The molecule has 34 heavy (non-hydrogen) atoms. The highest BCUT2D eigenvalue weighted by atomic mass is 35.5. The Morgan fingerprint density at radius 1 is 0.971 bits per heavy atom. The number of aromatic nitrogens is 2. The Balaban J connectivity index is 1.57. The van der Waals surface area contributed by atoms with Crippen LogP contribution >= 0.6 is 11.6 Å². The first-order valence-electron chi connectivity index (χ1n) is 12.0. The number of anilines is 1. The number of carbonyl (C=O) groups excluding carboxylic acids is 1. The Hall–Kier alpha value is -2.96. The molecule has 0 aliphatic carbocycles. The molecule has 1 aliphatic heterocycles. The zero-order chi connectivity index (χ0) is 23.9. The highest BCUT2D eigenvalue weighted by molar-refractivity contribution is 6.30. The van der Waals surface area contributed by atoms with Crippen LogP contribution in [0.15, 0.2) is 48.5 Å². The van der Waals surface area contributed by atoms with E-state index in [9.17, 15) is 4.79 Å². The summed E-state index contributed by atoms with van der Waals surface area (Å²) in [4.78, 5) is 23.8. The number of hydrogen-bond donors (Lipinski definition) is 2. The number of unbranched alkanes of at least 4 members (excludes halogenated alkanes) is 3. The van der Waals surface area contributed by atoms with Crippen LogP contribution in [0.25, 0.3) is 22.5 Å². The molecule has 6 nitrogen and oxygen atoms in total. The summed E-state index contributed by atoms with van der Waals surface area (Å²) in [6.45, 7) is 3.97. The molecule has 3 aromatic rings. The summed E-state index contributed by atoms with van der Waals surface area (Å²) in [6, 6.07) is 16.2. The number of benzene rings is 2. The molecule has 0 spiro atoms. The monoisotopic (exact) mass is 478 g/mol. The molecule has 2 heterocycles. The predicted molar refractivity (Wildman–Crippen MR) is 136 cm³/mol. The minimum absolute atomic E-state index is 0.320. The Morgan fingerprint density at radius 2 is 1.62 bits per heavy atom. The Labute approximate surface area is 206 Å². The lowest BCUT2D eigenvalue weighted by molar-refractivity contribution is -0.129. The van der Waals surface area contributed by atoms with Gasteiger partial charge in [-0.1, -0.05) is 66.4 Å². The van der Waals surface area contributed by atoms with Gasteiger partial charge in [-0.25, -0.2) is 15.4 Å². The maximum absolute atomic E-state index is 11.2. The molecule has 7 heteroatoms. The summed E-state index contributed by atoms with van der Waals surface area (Å²) >= 11 is 6.15. The number of hydroxylamine groups is 1. The van der Waals surface area contributed by atoms with Gasteiger partial charge in [0.15, 0.2) is 5.82 Å². The van der Waals surface area contributed by atoms with Crippen molar-refractivity contribution in [3.8, 4) is 22.5 Å². The van der Waals surface area contributed by atoms with Crippen LogP contribution in [0.4, 0.5) is 5.82 Å². The lowest BCUT2D eigenvalue weighted by Crippen LogP contribution is -2.32. The molecule has 0 radical (unpaired) electrons. The first-order valence-corrected chi connectivity index (χ1v) is 12.3. The van der Waals surface area contributed by atoms with Crippen molar-refractivity contribution in [1.82, 2.24) is 15.4 Å². The average molecular weight is 479 g/mol. The van der Waals surface area contributed by atoms with E-state index in [2.05, 4.69) is 36.1 Å². The van der Waals surface area contributed by atoms with Crippen LogP contribution in [-0.2, 0) is 11.2 Å². The largest absolute Gasteiger partial charge is 0.355 e. The van der Waals surface area contributed by atoms with E-state index in [1.165, 1.54) is 5.56 Å². The Bertz CT molecular complexity index is 1120. The lowest BCUT2D eigenvalue weighted by Gasteiger charge is -2.30. The van der Waals surface area contributed by atoms with E-state index in [0.717, 1.165) is 85.6 Å². The van der Waals surface area contributed by atoms with E-state index in [1.807, 2.05) is 24.3 Å². The van der Waals surface area contributed by atoms with Crippen molar-refractivity contribution in [2.75, 3.05) is 18.0 Å². The smallest absolute Gasteiger partial charge is 0.243 e. The first kappa shape index (κ1) is 24.2. The SMILES string of the molecule is Cc1ccc(-c2nc3c(nc2-c2ccc(Cl)cc2)N(CCCCCCC(=O)NO)CCC3)cc1. The van der Waals surface area contributed by atoms with E-state index >= 15 is 0 Å². The predicted octanol–water partition coefficient (Wildman–Crippen LogP) is 5.98. The number of rotatable bonds is 9. The van der Waals surface area contributed by atoms with Crippen molar-refractivity contribution >= 4 is 23.3 Å². The van der Waals surface area contributed by atoms with Gasteiger partial charge in [-0.15, -0.1) is 0 Å². The van der Waals surface area contributed by atoms with Crippen LogP contribution in [0.1, 0.15) is 49.8 Å². The van der Waals surface area contributed by atoms with E-state index < -0.39 is 0 Å². The van der Waals surface area contributed by atoms with Crippen molar-refractivity contribution < 1.29 is 10.0 Å². The van der Waals surface area contributed by atoms with Gasteiger partial charge >= 0.3 is 0 Å². The Kier molecular flexibility index (Phi) is 8.14. The third-order valence-corrected chi connectivity index (χ3v) is 6.49. The molecule has 0 unspecified atom stereocenters. The van der Waals surface area contributed by atoms with E-state index in [4.69, 9.17) is 26.8 Å². The molecule has 0 bridgehead atoms. The quantitative estimate of drug-likeness (QED) is 0.224. The van der Waals surface area contributed by atoms with E-state index in [-0.39, 0.29) is 5.91 Å². The minimum Gasteiger partial charge on any atom is -0.355 e. The van der Waals surface area contributed by atoms with Crippen molar-refractivity contribution in [3.05, 3.63) is 64.8 Å². The van der Waals surface area contributed by atoms with Crippen LogP contribution < -0.4 is 10.4 Å². The molecule has 1 amide bonds. The number of halogens is 1. The molecule has 2 N–H and O–H groups in total. The van der Waals surface area contributed by atoms with Gasteiger partial charge in [-0.2, -0.15) is 0 Å². The lowest BCUT2D eigenvalue weighted by atomic mass is 10.0. The number of nitrogens with one attached hydrogen (secondary N) is 1. The third kappa shape index (κ3) is 5.93. The van der Waals surface area contributed by atoms with Gasteiger partial charge in [-0.05, 0) is 44.7 Å². The van der Waals surface area contributed by atoms with Crippen molar-refractivity contribution in [3.63, 3.8) is 0 Å². The van der Waals surface area contributed by atoms with Crippen LogP contribution in [0.5, 0.6) is 0 Å². The zero-order valence-electron chi connectivity index (χ0n) is 19.6. The number of aryl methyl sites for hydroxylation is 2. The molecule has 1 aromatic heterocycles. The molecule has 2 aromatic carbocycles. The minimum atomic E-state index is -0.320. The summed E-state index contributed by atoms with van der Waals surface area (Å²) < 4.78 is 0. The summed E-state index contributed by atoms with van der Waals surface area (Å²) in [5.41, 5.74) is 7.81. The zero-order valence-corrected chi connectivity index (χ0v) is 20.3. The molecular weight excluding hydrogens is 448 g/mol. The molecule has 0 saturated heterocycles. The van der Waals surface area contributed by atoms with Crippen molar-refractivity contribution in [1.29, 1.82) is 0 Å². The highest BCUT2D eigenvalue weighted by Crippen LogP contribution is 2.35. The average Bonchev–Trinajstić information content (AvgIpc) is 2.86. The van der Waals surface area contributed by atoms with Crippen LogP contribution in [-0.4, -0.2) is 34.2 Å². The van der Waals surface area contributed by atoms with Crippen LogP contribution in [0.3, 0.4) is 0 Å². The van der Waals surface area contributed by atoms with Crippen LogP contribution in [0, 0.1) is 6.92 Å². The standard InChI is InChI=1S/C27H31ClN4O2/c1-19-9-11-20(12-10-19)25-26(21-13-15-22(28)16-14-21)30-27-23(29-25)7-6-18-32(27)17-5-3-2-4-8-24(33)31-34/h9-16,34H,2-8,17-18H2,1H3,(H,31,33). The summed E-state index contributed by atoms with van der Waals surface area (Å²) in [5, 5.41) is 9.30. The van der Waals surface area contributed by atoms with Crippen molar-refractivity contribution in [2.45, 2.75) is 51.9 Å². The molecule has 1 aliphatic rings. The van der Waals surface area contributed by atoms with Gasteiger partial charge in [-0.3, -0.25) is 10.0 Å². The van der Waals surface area contributed by atoms with Gasteiger partial charge in [0, 0.05) is 35.7 Å². The summed E-state index contributed by atoms with van der Waals surface area (Å²) in [7, 11) is 0. The van der Waals surface area contributed by atoms with Gasteiger partial charge in [0.05, 0.1) is 17.1 Å². The summed E-state index contributed by atoms with van der Waals surface area (Å²) in [5.74, 6) is 0.658. The molecule has 4 rings (SSSR count). The maximum Gasteiger partial charge on any atom is 0.243 e. The fourth-order valence-corrected chi connectivity index (χ4v) is 4.49. The molecule has 0 atom stereocenters. The number of nitrogens with zero attached hydrogens (tertiary/aromatic N) is 3. The second kappa shape index (κ2) is 11.4. The van der Waals surface area contributed by atoms with Gasteiger partial charge in [0.25, 0.3) is 0 Å². The van der Waals surface area contributed by atoms with Crippen molar-refractivity contribution in [2.24, 2.45) is 0 Å². The Morgan fingerprint density at radius 3 is 2.32 bits per heavy atom. The second-order valence-corrected chi connectivity index (χ2v) is 9.29. The maximum atomic E-state index is 11.2. The normalized spacial score (nSPS) is 13.0. The first-order chi connectivity index (χ1) is 16.5. The van der Waals surface area contributed by atoms with Crippen LogP contribution in [0.2, 0.25) is 5.02 Å². The molecule has 0 saturated carbocycles. The number of hydrogen-bond acceptors (Lipinski definition) is 5. The number of amides is 1. The molecule has 0 fully saturated rings.